The van der Waals surface area contributed by atoms with Crippen molar-refractivity contribution in [2.75, 3.05) is 33.4 Å². The predicted octanol–water partition coefficient (Wildman–Crippen LogP) is 3.77. The van der Waals surface area contributed by atoms with Crippen LogP contribution in [-0.4, -0.2) is 60.4 Å². The van der Waals surface area contributed by atoms with Crippen molar-refractivity contribution in [3.8, 4) is 17.0 Å². The fourth-order valence-electron chi connectivity index (χ4n) is 4.87. The number of carbonyl (C=O) groups is 1. The summed E-state index contributed by atoms with van der Waals surface area (Å²) in [6, 6.07) is 10.4. The minimum atomic E-state index is -0.311. The summed E-state index contributed by atoms with van der Waals surface area (Å²) in [6.07, 6.45) is 2.77. The number of amides is 1. The Labute approximate surface area is 184 Å². The Morgan fingerprint density at radius 3 is 2.87 bits per heavy atom. The number of para-hydroxylation sites is 1. The highest BCUT2D eigenvalue weighted by Gasteiger charge is 2.42. The van der Waals surface area contributed by atoms with Crippen LogP contribution in [0.3, 0.4) is 0 Å². The van der Waals surface area contributed by atoms with Crippen molar-refractivity contribution in [1.82, 2.24) is 20.2 Å². The van der Waals surface area contributed by atoms with Gasteiger partial charge < -0.3 is 14.8 Å². The highest BCUT2D eigenvalue weighted by molar-refractivity contribution is 5.67. The minimum Gasteiger partial charge on any atom is -0.496 e. The van der Waals surface area contributed by atoms with Gasteiger partial charge in [0.15, 0.2) is 0 Å². The summed E-state index contributed by atoms with van der Waals surface area (Å²) in [7, 11) is 1.69. The highest BCUT2D eigenvalue weighted by atomic mass is 16.5. The molecule has 4 atom stereocenters. The molecular weight excluding hydrogens is 392 g/mol. The van der Waals surface area contributed by atoms with E-state index < -0.39 is 0 Å². The van der Waals surface area contributed by atoms with Crippen LogP contribution in [0.5, 0.6) is 5.75 Å². The maximum absolute atomic E-state index is 11.8. The molecule has 31 heavy (non-hydrogen) atoms. The second kappa shape index (κ2) is 9.64. The van der Waals surface area contributed by atoms with Crippen LogP contribution in [-0.2, 0) is 4.74 Å². The fourth-order valence-corrected chi connectivity index (χ4v) is 4.87. The molecule has 1 aromatic carbocycles. The molecule has 3 fully saturated rings. The summed E-state index contributed by atoms with van der Waals surface area (Å²) < 4.78 is 11.0. The van der Waals surface area contributed by atoms with Gasteiger partial charge in [0, 0.05) is 36.3 Å². The molecule has 0 spiro atoms. The first-order valence-electron chi connectivity index (χ1n) is 11.2. The normalized spacial score (nSPS) is 24.6. The molecule has 3 saturated heterocycles. The SMILES string of the molecule is CCCNC(=O)OC[C@H]1C[C@@H]2CCN1C[C@@H]2c1cc(-c2ccccc2OC)nc(C)n1. The van der Waals surface area contributed by atoms with Crippen LogP contribution in [0.2, 0.25) is 0 Å². The number of nitrogens with zero attached hydrogens (tertiary/aromatic N) is 3. The van der Waals surface area contributed by atoms with Gasteiger partial charge >= 0.3 is 6.09 Å². The predicted molar refractivity (Wildman–Crippen MR) is 119 cm³/mol. The molecule has 1 amide bonds. The van der Waals surface area contributed by atoms with Crippen molar-refractivity contribution in [2.24, 2.45) is 5.92 Å². The Balaban J connectivity index is 1.48. The van der Waals surface area contributed by atoms with Gasteiger partial charge in [-0.3, -0.25) is 4.90 Å². The monoisotopic (exact) mass is 424 g/mol. The summed E-state index contributed by atoms with van der Waals surface area (Å²) in [5, 5.41) is 2.78. The largest absolute Gasteiger partial charge is 0.496 e. The van der Waals surface area contributed by atoms with Crippen LogP contribution in [0.4, 0.5) is 4.79 Å². The fraction of sp³-hybridized carbons (Fsp3) is 0.542. The van der Waals surface area contributed by atoms with Gasteiger partial charge in [-0.1, -0.05) is 19.1 Å². The first-order chi connectivity index (χ1) is 15.1. The Bertz CT molecular complexity index is 919. The molecule has 0 saturated carbocycles. The smallest absolute Gasteiger partial charge is 0.407 e. The number of hydrogen-bond donors (Lipinski definition) is 1. The Hall–Kier alpha value is -2.67. The van der Waals surface area contributed by atoms with Gasteiger partial charge in [-0.25, -0.2) is 14.8 Å². The molecule has 1 aromatic heterocycles. The van der Waals surface area contributed by atoms with E-state index in [0.29, 0.717) is 31.0 Å². The number of benzene rings is 1. The molecule has 1 N–H and O–H groups in total. The van der Waals surface area contributed by atoms with E-state index in [-0.39, 0.29) is 6.09 Å². The van der Waals surface area contributed by atoms with Crippen LogP contribution < -0.4 is 10.1 Å². The van der Waals surface area contributed by atoms with Crippen molar-refractivity contribution >= 4 is 6.09 Å². The zero-order valence-electron chi connectivity index (χ0n) is 18.6. The molecule has 7 heteroatoms. The lowest BCUT2D eigenvalue weighted by Crippen LogP contribution is -2.54. The maximum atomic E-state index is 11.8. The number of rotatable bonds is 7. The van der Waals surface area contributed by atoms with Crippen LogP contribution >= 0.6 is 0 Å². The quantitative estimate of drug-likeness (QED) is 0.729. The van der Waals surface area contributed by atoms with Crippen molar-refractivity contribution in [2.45, 2.75) is 45.1 Å². The summed E-state index contributed by atoms with van der Waals surface area (Å²) in [5.41, 5.74) is 2.99. The number of piperidine rings is 3. The molecule has 3 aliphatic rings. The van der Waals surface area contributed by atoms with Gasteiger partial charge in [0.05, 0.1) is 12.8 Å². The molecule has 4 heterocycles. The lowest BCUT2D eigenvalue weighted by Gasteiger charge is -2.49. The maximum Gasteiger partial charge on any atom is 0.407 e. The molecule has 0 aliphatic carbocycles. The number of alkyl carbamates (subject to hydrolysis) is 1. The lowest BCUT2D eigenvalue weighted by atomic mass is 9.74. The summed E-state index contributed by atoms with van der Waals surface area (Å²) >= 11 is 0. The van der Waals surface area contributed by atoms with E-state index in [9.17, 15) is 4.79 Å². The number of aromatic nitrogens is 2. The van der Waals surface area contributed by atoms with Crippen LogP contribution in [0.15, 0.2) is 30.3 Å². The van der Waals surface area contributed by atoms with Gasteiger partial charge in [0.1, 0.15) is 18.2 Å². The standard InChI is InChI=1S/C24H32N4O3/c1-4-10-25-24(29)31-15-18-12-17-9-11-28(18)14-20(17)22-13-21(26-16(2)27-22)19-7-5-6-8-23(19)30-3/h5-8,13,17-18,20H,4,9-12,14-15H2,1-3H3,(H,25,29)/t17-,18+,20-/m0/s1. The second-order valence-electron chi connectivity index (χ2n) is 8.49. The average Bonchev–Trinajstić information content (AvgIpc) is 2.81. The van der Waals surface area contributed by atoms with E-state index in [1.165, 1.54) is 0 Å². The van der Waals surface area contributed by atoms with Gasteiger partial charge in [-0.2, -0.15) is 0 Å². The van der Waals surface area contributed by atoms with Gasteiger partial charge in [-0.05, 0) is 56.8 Å². The van der Waals surface area contributed by atoms with Crippen LogP contribution in [0, 0.1) is 12.8 Å². The first-order valence-corrected chi connectivity index (χ1v) is 11.2. The van der Waals surface area contributed by atoms with E-state index in [2.05, 4.69) is 21.3 Å². The molecule has 1 unspecified atom stereocenters. The van der Waals surface area contributed by atoms with E-state index >= 15 is 0 Å². The number of carbonyl (C=O) groups excluding carboxylic acids is 1. The third-order valence-corrected chi connectivity index (χ3v) is 6.43. The molecule has 2 bridgehead atoms. The van der Waals surface area contributed by atoms with Crippen LogP contribution in [0.1, 0.15) is 43.6 Å². The second-order valence-corrected chi connectivity index (χ2v) is 8.49. The lowest BCUT2D eigenvalue weighted by molar-refractivity contribution is -0.00346. The van der Waals surface area contributed by atoms with E-state index in [0.717, 1.165) is 60.9 Å². The van der Waals surface area contributed by atoms with Gasteiger partial charge in [0.2, 0.25) is 0 Å². The Kier molecular flexibility index (Phi) is 6.70. The van der Waals surface area contributed by atoms with E-state index in [1.807, 2.05) is 38.1 Å². The third-order valence-electron chi connectivity index (χ3n) is 6.43. The summed E-state index contributed by atoms with van der Waals surface area (Å²) in [5.74, 6) is 2.51. The van der Waals surface area contributed by atoms with Crippen LogP contribution in [0.25, 0.3) is 11.3 Å². The Morgan fingerprint density at radius 2 is 2.13 bits per heavy atom. The number of hydrogen-bond acceptors (Lipinski definition) is 6. The number of fused-ring (bicyclic) bond motifs is 3. The molecular formula is C24H32N4O3. The highest BCUT2D eigenvalue weighted by Crippen LogP contribution is 2.42. The summed E-state index contributed by atoms with van der Waals surface area (Å²) in [4.78, 5) is 23.8. The summed E-state index contributed by atoms with van der Waals surface area (Å²) in [6.45, 7) is 7.08. The number of ether oxygens (including phenoxy) is 2. The molecule has 2 aromatic rings. The minimum absolute atomic E-state index is 0.291. The molecule has 0 radical (unpaired) electrons. The molecule has 5 rings (SSSR count). The zero-order valence-corrected chi connectivity index (χ0v) is 18.6. The van der Waals surface area contributed by atoms with E-state index in [4.69, 9.17) is 14.5 Å². The average molecular weight is 425 g/mol. The van der Waals surface area contributed by atoms with E-state index in [1.54, 1.807) is 7.11 Å². The molecule has 7 nitrogen and oxygen atoms in total. The van der Waals surface area contributed by atoms with Crippen molar-refractivity contribution in [3.05, 3.63) is 41.9 Å². The van der Waals surface area contributed by atoms with Gasteiger partial charge in [-0.15, -0.1) is 0 Å². The Morgan fingerprint density at radius 1 is 1.29 bits per heavy atom. The number of aryl methyl sites for hydroxylation is 1. The molecule has 166 valence electrons. The first kappa shape index (κ1) is 21.6. The number of nitrogens with one attached hydrogen (secondary N) is 1. The van der Waals surface area contributed by atoms with Gasteiger partial charge in [0.25, 0.3) is 0 Å². The van der Waals surface area contributed by atoms with Crippen molar-refractivity contribution < 1.29 is 14.3 Å². The third kappa shape index (κ3) is 4.82. The van der Waals surface area contributed by atoms with Crippen molar-refractivity contribution in [1.29, 1.82) is 0 Å². The molecule has 3 aliphatic heterocycles. The number of methoxy groups -OCH3 is 1. The van der Waals surface area contributed by atoms with Crippen molar-refractivity contribution in [3.63, 3.8) is 0 Å². The zero-order chi connectivity index (χ0) is 21.8. The topological polar surface area (TPSA) is 76.6 Å².